The Bertz CT molecular complexity index is 1500. The van der Waals surface area contributed by atoms with Crippen LogP contribution in [0.2, 0.25) is 5.02 Å². The molecule has 2 heterocycles. The van der Waals surface area contributed by atoms with Crippen LogP contribution in [-0.2, 0) is 6.42 Å². The number of hydrogen-bond acceptors (Lipinski definition) is 6. The van der Waals surface area contributed by atoms with Crippen LogP contribution in [0.25, 0.3) is 22.1 Å². The van der Waals surface area contributed by atoms with E-state index in [-0.39, 0.29) is 5.43 Å². The molecule has 0 amide bonds. The molecular weight excluding hydrogens is 480 g/mol. The minimum Gasteiger partial charge on any atom is -0.490 e. The van der Waals surface area contributed by atoms with Crippen molar-refractivity contribution in [3.8, 4) is 28.4 Å². The third-order valence-corrected chi connectivity index (χ3v) is 6.34. The summed E-state index contributed by atoms with van der Waals surface area (Å²) in [5.41, 5.74) is 2.50. The van der Waals surface area contributed by atoms with E-state index in [9.17, 15) is 9.59 Å². The van der Waals surface area contributed by atoms with Gasteiger partial charge in [0.2, 0.25) is 5.43 Å². The average Bonchev–Trinajstić information content (AvgIpc) is 3.10. The molecule has 0 fully saturated rings. The number of hydrogen-bond donors (Lipinski definition) is 0. The first kappa shape index (κ1) is 23.9. The summed E-state index contributed by atoms with van der Waals surface area (Å²) in [6.45, 7) is 4.92. The Labute approximate surface area is 213 Å². The highest BCUT2D eigenvalue weighted by molar-refractivity contribution is 6.30. The fourth-order valence-electron chi connectivity index (χ4n) is 4.34. The number of benzene rings is 3. The first-order valence-electron chi connectivity index (χ1n) is 11.9. The number of carbonyl (C=O) groups is 1. The maximum absolute atomic E-state index is 13.7. The predicted octanol–water partition coefficient (Wildman–Crippen LogP) is 6.75. The van der Waals surface area contributed by atoms with Crippen molar-refractivity contribution < 1.29 is 23.4 Å². The fraction of sp³-hybridized carbons (Fsp3) is 0.241. The van der Waals surface area contributed by atoms with E-state index in [0.717, 1.165) is 18.4 Å². The van der Waals surface area contributed by atoms with Crippen molar-refractivity contribution in [2.75, 3.05) is 13.2 Å². The summed E-state index contributed by atoms with van der Waals surface area (Å²) in [4.78, 5) is 26.4. The van der Waals surface area contributed by atoms with Gasteiger partial charge in [0.05, 0.1) is 29.7 Å². The van der Waals surface area contributed by atoms with Gasteiger partial charge in [-0.2, -0.15) is 0 Å². The third-order valence-electron chi connectivity index (χ3n) is 6.09. The molecule has 1 aliphatic rings. The SMILES string of the molecule is CCCc1cc2c(=O)c(-c3ccc4c(c3)OCCCO4)c(C)oc2cc1OC(=O)c1ccc(Cl)cc1. The number of rotatable bonds is 5. The van der Waals surface area contributed by atoms with Crippen molar-refractivity contribution in [2.45, 2.75) is 33.1 Å². The van der Waals surface area contributed by atoms with Gasteiger partial charge in [-0.25, -0.2) is 4.79 Å². The Morgan fingerprint density at radius 3 is 2.50 bits per heavy atom. The smallest absolute Gasteiger partial charge is 0.343 e. The quantitative estimate of drug-likeness (QED) is 0.221. The molecule has 0 spiro atoms. The van der Waals surface area contributed by atoms with Crippen molar-refractivity contribution in [1.29, 1.82) is 0 Å². The first-order valence-corrected chi connectivity index (χ1v) is 12.3. The van der Waals surface area contributed by atoms with Crippen LogP contribution in [0.4, 0.5) is 0 Å². The normalized spacial score (nSPS) is 12.9. The van der Waals surface area contributed by atoms with E-state index in [1.807, 2.05) is 25.1 Å². The van der Waals surface area contributed by atoms with E-state index >= 15 is 0 Å². The van der Waals surface area contributed by atoms with E-state index in [4.69, 9.17) is 30.2 Å². The largest absolute Gasteiger partial charge is 0.490 e. The van der Waals surface area contributed by atoms with Crippen molar-refractivity contribution in [1.82, 2.24) is 0 Å². The number of ether oxygens (including phenoxy) is 3. The van der Waals surface area contributed by atoms with Crippen LogP contribution in [-0.4, -0.2) is 19.2 Å². The van der Waals surface area contributed by atoms with Gasteiger partial charge in [-0.15, -0.1) is 0 Å². The molecule has 1 aromatic heterocycles. The van der Waals surface area contributed by atoms with Crippen LogP contribution in [0.3, 0.4) is 0 Å². The van der Waals surface area contributed by atoms with Gasteiger partial charge in [-0.05, 0) is 66.9 Å². The van der Waals surface area contributed by atoms with Gasteiger partial charge >= 0.3 is 5.97 Å². The minimum atomic E-state index is -0.508. The van der Waals surface area contributed by atoms with Crippen molar-refractivity contribution >= 4 is 28.5 Å². The summed E-state index contributed by atoms with van der Waals surface area (Å²) in [5, 5.41) is 0.961. The molecular formula is C29H25ClO6. The second kappa shape index (κ2) is 10.1. The predicted molar refractivity (Wildman–Crippen MR) is 139 cm³/mol. The molecule has 0 radical (unpaired) electrons. The highest BCUT2D eigenvalue weighted by Gasteiger charge is 2.20. The first-order chi connectivity index (χ1) is 17.4. The molecule has 6 nitrogen and oxygen atoms in total. The molecule has 1 aliphatic heterocycles. The van der Waals surface area contributed by atoms with Crippen LogP contribution in [0.1, 0.15) is 41.4 Å². The Kier molecular flexibility index (Phi) is 6.70. The van der Waals surface area contributed by atoms with Crippen molar-refractivity contribution in [3.63, 3.8) is 0 Å². The van der Waals surface area contributed by atoms with E-state index < -0.39 is 5.97 Å². The van der Waals surface area contributed by atoms with E-state index in [1.165, 1.54) is 0 Å². The minimum absolute atomic E-state index is 0.156. The summed E-state index contributed by atoms with van der Waals surface area (Å²) in [6, 6.07) is 15.4. The summed E-state index contributed by atoms with van der Waals surface area (Å²) in [7, 11) is 0. The Morgan fingerprint density at radius 1 is 1.00 bits per heavy atom. The van der Waals surface area contributed by atoms with E-state index in [0.29, 0.717) is 75.3 Å². The van der Waals surface area contributed by atoms with Gasteiger partial charge in [-0.3, -0.25) is 4.79 Å². The van der Waals surface area contributed by atoms with Gasteiger partial charge < -0.3 is 18.6 Å². The molecule has 0 saturated heterocycles. The highest BCUT2D eigenvalue weighted by Crippen LogP contribution is 2.36. The fourth-order valence-corrected chi connectivity index (χ4v) is 4.46. The molecule has 5 rings (SSSR count). The summed E-state index contributed by atoms with van der Waals surface area (Å²) < 4.78 is 23.4. The maximum Gasteiger partial charge on any atom is 0.343 e. The van der Waals surface area contributed by atoms with Crippen molar-refractivity contribution in [2.24, 2.45) is 0 Å². The number of carbonyl (C=O) groups excluding carboxylic acids is 1. The van der Waals surface area contributed by atoms with Crippen molar-refractivity contribution in [3.05, 3.63) is 86.7 Å². The summed E-state index contributed by atoms with van der Waals surface area (Å²) in [6.07, 6.45) is 2.24. The molecule has 0 atom stereocenters. The molecule has 36 heavy (non-hydrogen) atoms. The van der Waals surface area contributed by atoms with Gasteiger partial charge in [0, 0.05) is 17.5 Å². The monoisotopic (exact) mass is 504 g/mol. The molecule has 0 aliphatic carbocycles. The second-order valence-electron chi connectivity index (χ2n) is 8.68. The zero-order valence-electron chi connectivity index (χ0n) is 20.1. The van der Waals surface area contributed by atoms with E-state index in [2.05, 4.69) is 0 Å². The Morgan fingerprint density at radius 2 is 1.75 bits per heavy atom. The number of esters is 1. The van der Waals surface area contributed by atoms with Gasteiger partial charge in [-0.1, -0.05) is 31.0 Å². The van der Waals surface area contributed by atoms with Crippen LogP contribution in [0.15, 0.2) is 63.8 Å². The molecule has 184 valence electrons. The maximum atomic E-state index is 13.7. The van der Waals surface area contributed by atoms with Crippen LogP contribution >= 0.6 is 11.6 Å². The molecule has 7 heteroatoms. The van der Waals surface area contributed by atoms with Crippen LogP contribution in [0.5, 0.6) is 17.2 Å². The lowest BCUT2D eigenvalue weighted by molar-refractivity contribution is 0.0733. The molecule has 0 N–H and O–H groups in total. The van der Waals surface area contributed by atoms with Crippen LogP contribution in [0, 0.1) is 6.92 Å². The zero-order chi connectivity index (χ0) is 25.2. The second-order valence-corrected chi connectivity index (χ2v) is 9.11. The Balaban J connectivity index is 1.57. The van der Waals surface area contributed by atoms with Gasteiger partial charge in [0.15, 0.2) is 11.5 Å². The summed E-state index contributed by atoms with van der Waals surface area (Å²) in [5.74, 6) is 1.60. The topological polar surface area (TPSA) is 75.0 Å². The molecule has 0 bridgehead atoms. The van der Waals surface area contributed by atoms with E-state index in [1.54, 1.807) is 43.3 Å². The molecule has 0 unspecified atom stereocenters. The number of aryl methyl sites for hydroxylation is 2. The van der Waals surface area contributed by atoms with Gasteiger partial charge in [0.25, 0.3) is 0 Å². The van der Waals surface area contributed by atoms with Gasteiger partial charge in [0.1, 0.15) is 17.1 Å². The lowest BCUT2D eigenvalue weighted by Crippen LogP contribution is -2.12. The summed E-state index contributed by atoms with van der Waals surface area (Å²) >= 11 is 5.93. The zero-order valence-corrected chi connectivity index (χ0v) is 20.8. The highest BCUT2D eigenvalue weighted by atomic mass is 35.5. The molecule has 0 saturated carbocycles. The standard InChI is InChI=1S/C29H25ClO6/c1-3-5-19-14-22-25(16-24(19)36-29(32)18-6-9-21(30)10-7-18)35-17(2)27(28(22)31)20-8-11-23-26(15-20)34-13-4-12-33-23/h6-11,14-16H,3-5,12-13H2,1-2H3. The molecule has 3 aromatic carbocycles. The average molecular weight is 505 g/mol. The lowest BCUT2D eigenvalue weighted by atomic mass is 9.99. The Hall–Kier alpha value is -3.77. The third kappa shape index (κ3) is 4.69. The van der Waals surface area contributed by atoms with Crippen LogP contribution < -0.4 is 19.6 Å². The number of halogens is 1. The molecule has 4 aromatic rings. The number of fused-ring (bicyclic) bond motifs is 2. The lowest BCUT2D eigenvalue weighted by Gasteiger charge is -2.14.